The Balaban J connectivity index is 2.40. The van der Waals surface area contributed by atoms with Gasteiger partial charge in [-0.2, -0.15) is 0 Å². The minimum Gasteiger partial charge on any atom is -0.490 e. The molecule has 0 radical (unpaired) electrons. The van der Waals surface area contributed by atoms with Gasteiger partial charge in [0.05, 0.1) is 19.8 Å². The van der Waals surface area contributed by atoms with E-state index in [0.717, 1.165) is 21.2 Å². The second-order valence-corrected chi connectivity index (χ2v) is 6.96. The van der Waals surface area contributed by atoms with Gasteiger partial charge in [0.1, 0.15) is 0 Å². The lowest BCUT2D eigenvalue weighted by atomic mass is 10.1. The van der Waals surface area contributed by atoms with Crippen LogP contribution in [0.4, 0.5) is 5.69 Å². The van der Waals surface area contributed by atoms with Gasteiger partial charge in [-0.1, -0.05) is 6.92 Å². The molecule has 0 unspecified atom stereocenters. The topological polar surface area (TPSA) is 56.8 Å². The van der Waals surface area contributed by atoms with Gasteiger partial charge in [-0.15, -0.1) is 0 Å². The molecule has 0 aromatic heterocycles. The summed E-state index contributed by atoms with van der Waals surface area (Å²) >= 11 is 2.27. The summed E-state index contributed by atoms with van der Waals surface area (Å²) in [5.74, 6) is 1.33. The molecule has 0 spiro atoms. The minimum atomic E-state index is -0.212. The van der Waals surface area contributed by atoms with Crippen molar-refractivity contribution in [3.8, 4) is 17.2 Å². The molecule has 146 valence electrons. The van der Waals surface area contributed by atoms with Gasteiger partial charge in [0.15, 0.2) is 11.5 Å². The molecule has 2 aromatic rings. The summed E-state index contributed by atoms with van der Waals surface area (Å²) in [5, 5.41) is 3.00. The zero-order chi connectivity index (χ0) is 19.8. The Morgan fingerprint density at radius 1 is 0.926 bits per heavy atom. The zero-order valence-electron chi connectivity index (χ0n) is 16.2. The molecule has 2 rings (SSSR count). The van der Waals surface area contributed by atoms with Crippen LogP contribution in [-0.2, 0) is 6.42 Å². The molecular weight excluding hydrogens is 457 g/mol. The van der Waals surface area contributed by atoms with Gasteiger partial charge >= 0.3 is 0 Å². The molecule has 0 aliphatic carbocycles. The smallest absolute Gasteiger partial charge is 0.255 e. The Kier molecular flexibility index (Phi) is 8.22. The molecule has 0 saturated carbocycles. The van der Waals surface area contributed by atoms with Gasteiger partial charge in [-0.05, 0) is 85.7 Å². The van der Waals surface area contributed by atoms with Gasteiger partial charge < -0.3 is 19.5 Å². The molecule has 0 bridgehead atoms. The highest BCUT2D eigenvalue weighted by Crippen LogP contribution is 2.39. The van der Waals surface area contributed by atoms with E-state index < -0.39 is 0 Å². The molecule has 0 atom stereocenters. The number of ether oxygens (including phenoxy) is 3. The van der Waals surface area contributed by atoms with Crippen LogP contribution in [0.15, 0.2) is 30.3 Å². The summed E-state index contributed by atoms with van der Waals surface area (Å²) in [4.78, 5) is 12.9. The first-order valence-electron chi connectivity index (χ1n) is 9.20. The van der Waals surface area contributed by atoms with Crippen LogP contribution < -0.4 is 19.5 Å². The van der Waals surface area contributed by atoms with E-state index in [-0.39, 0.29) is 5.91 Å². The van der Waals surface area contributed by atoms with Gasteiger partial charge in [0, 0.05) is 14.8 Å². The van der Waals surface area contributed by atoms with Crippen LogP contribution in [0, 0.1) is 3.57 Å². The zero-order valence-corrected chi connectivity index (χ0v) is 18.4. The molecule has 0 fully saturated rings. The first-order chi connectivity index (χ1) is 13.0. The van der Waals surface area contributed by atoms with Crippen molar-refractivity contribution >= 4 is 34.2 Å². The molecule has 0 heterocycles. The third-order valence-electron chi connectivity index (χ3n) is 3.87. The lowest BCUT2D eigenvalue weighted by Crippen LogP contribution is -2.14. The number of nitrogens with one attached hydrogen (secondary N) is 1. The number of hydrogen-bond acceptors (Lipinski definition) is 4. The summed E-state index contributed by atoms with van der Waals surface area (Å²) in [6.45, 7) is 9.16. The second kappa shape index (κ2) is 10.4. The molecule has 27 heavy (non-hydrogen) atoms. The van der Waals surface area contributed by atoms with E-state index in [1.54, 1.807) is 12.1 Å². The summed E-state index contributed by atoms with van der Waals surface area (Å²) < 4.78 is 18.2. The number of anilines is 1. The second-order valence-electron chi connectivity index (χ2n) is 5.71. The van der Waals surface area contributed by atoms with Gasteiger partial charge in [0.2, 0.25) is 5.75 Å². The van der Waals surface area contributed by atoms with Crippen molar-refractivity contribution in [2.75, 3.05) is 25.1 Å². The number of rotatable bonds is 9. The van der Waals surface area contributed by atoms with E-state index in [4.69, 9.17) is 14.2 Å². The number of halogens is 1. The van der Waals surface area contributed by atoms with Crippen molar-refractivity contribution < 1.29 is 19.0 Å². The summed E-state index contributed by atoms with van der Waals surface area (Å²) in [6.07, 6.45) is 0.837. The normalized spacial score (nSPS) is 10.4. The van der Waals surface area contributed by atoms with Crippen LogP contribution in [-0.4, -0.2) is 25.7 Å². The van der Waals surface area contributed by atoms with Gasteiger partial charge in [-0.25, -0.2) is 0 Å². The largest absolute Gasteiger partial charge is 0.490 e. The van der Waals surface area contributed by atoms with E-state index in [1.165, 1.54) is 0 Å². The first kappa shape index (κ1) is 21.3. The van der Waals surface area contributed by atoms with Crippen LogP contribution in [0.5, 0.6) is 17.2 Å². The maximum Gasteiger partial charge on any atom is 0.255 e. The van der Waals surface area contributed by atoms with Crippen molar-refractivity contribution in [2.24, 2.45) is 0 Å². The van der Waals surface area contributed by atoms with E-state index in [9.17, 15) is 4.79 Å². The van der Waals surface area contributed by atoms with Crippen LogP contribution in [0.1, 0.15) is 43.6 Å². The molecule has 6 heteroatoms. The molecular formula is C21H26INO4. The molecule has 1 N–H and O–H groups in total. The van der Waals surface area contributed by atoms with Crippen LogP contribution in [0.2, 0.25) is 0 Å². The Bertz CT molecular complexity index is 765. The monoisotopic (exact) mass is 483 g/mol. The van der Waals surface area contributed by atoms with E-state index in [2.05, 4.69) is 40.9 Å². The third kappa shape index (κ3) is 5.51. The van der Waals surface area contributed by atoms with E-state index in [0.29, 0.717) is 42.6 Å². The number of amides is 1. The van der Waals surface area contributed by atoms with Crippen LogP contribution >= 0.6 is 22.6 Å². The highest BCUT2D eigenvalue weighted by molar-refractivity contribution is 14.1. The van der Waals surface area contributed by atoms with Crippen molar-refractivity contribution in [3.05, 3.63) is 45.0 Å². The molecule has 2 aromatic carbocycles. The predicted octanol–water partition coefficient (Wildman–Crippen LogP) is 5.30. The summed E-state index contributed by atoms with van der Waals surface area (Å²) in [5.41, 5.74) is 2.37. The van der Waals surface area contributed by atoms with Crippen LogP contribution in [0.25, 0.3) is 0 Å². The third-order valence-corrected chi connectivity index (χ3v) is 4.54. The lowest BCUT2D eigenvalue weighted by Gasteiger charge is -2.17. The lowest BCUT2D eigenvalue weighted by molar-refractivity contribution is 0.102. The Labute approximate surface area is 174 Å². The van der Waals surface area contributed by atoms with Gasteiger partial charge in [-0.3, -0.25) is 4.79 Å². The predicted molar refractivity (Wildman–Crippen MR) is 116 cm³/mol. The average Bonchev–Trinajstić information content (AvgIpc) is 2.65. The highest BCUT2D eigenvalue weighted by atomic mass is 127. The number of benzene rings is 2. The molecule has 0 aliphatic heterocycles. The van der Waals surface area contributed by atoms with Crippen LogP contribution in [0.3, 0.4) is 0 Å². The Morgan fingerprint density at radius 3 is 2.04 bits per heavy atom. The number of carbonyl (C=O) groups is 1. The van der Waals surface area contributed by atoms with E-state index in [1.807, 2.05) is 32.9 Å². The summed E-state index contributed by atoms with van der Waals surface area (Å²) in [6, 6.07) is 9.38. The molecule has 1 amide bonds. The maximum atomic E-state index is 12.9. The Hall–Kier alpha value is -1.96. The minimum absolute atomic E-state index is 0.212. The summed E-state index contributed by atoms with van der Waals surface area (Å²) in [7, 11) is 0. The number of aryl methyl sites for hydroxylation is 1. The highest BCUT2D eigenvalue weighted by Gasteiger charge is 2.19. The van der Waals surface area contributed by atoms with Crippen molar-refractivity contribution in [1.82, 2.24) is 0 Å². The Morgan fingerprint density at radius 2 is 1.52 bits per heavy atom. The fraction of sp³-hybridized carbons (Fsp3) is 0.381. The molecule has 0 saturated heterocycles. The van der Waals surface area contributed by atoms with E-state index >= 15 is 0 Å². The first-order valence-corrected chi connectivity index (χ1v) is 10.3. The molecule has 5 nitrogen and oxygen atoms in total. The van der Waals surface area contributed by atoms with Crippen molar-refractivity contribution in [2.45, 2.75) is 34.1 Å². The average molecular weight is 483 g/mol. The fourth-order valence-electron chi connectivity index (χ4n) is 2.69. The SMILES string of the molecule is CCOc1cc(C(=O)Nc2ccc(I)cc2CC)cc(OCC)c1OCC. The number of hydrogen-bond donors (Lipinski definition) is 1. The van der Waals surface area contributed by atoms with Crippen molar-refractivity contribution in [1.29, 1.82) is 0 Å². The quantitative estimate of drug-likeness (QED) is 0.492. The fourth-order valence-corrected chi connectivity index (χ4v) is 3.25. The maximum absolute atomic E-state index is 12.9. The van der Waals surface area contributed by atoms with Gasteiger partial charge in [0.25, 0.3) is 5.91 Å². The molecule has 0 aliphatic rings. The standard InChI is InChI=1S/C21H26INO4/c1-5-14-11-16(22)9-10-17(14)23-21(24)15-12-18(25-6-2)20(27-8-4)19(13-15)26-7-3/h9-13H,5-8H2,1-4H3,(H,23,24). The number of carbonyl (C=O) groups excluding carboxylic acids is 1. The van der Waals surface area contributed by atoms with Crippen molar-refractivity contribution in [3.63, 3.8) is 0 Å².